The monoisotopic (exact) mass is 191 g/mol. The van der Waals surface area contributed by atoms with Crippen molar-refractivity contribution >= 4 is 12.3 Å². The molecule has 0 aliphatic heterocycles. The van der Waals surface area contributed by atoms with Gasteiger partial charge in [0.25, 0.3) is 0 Å². The fraction of sp³-hybridized carbons (Fsp3) is 0.714. The van der Waals surface area contributed by atoms with Crippen molar-refractivity contribution in [1.82, 2.24) is 5.48 Å². The van der Waals surface area contributed by atoms with Crippen LogP contribution in [0.25, 0.3) is 0 Å². The second-order valence-corrected chi connectivity index (χ2v) is 2.15. The standard InChI is InChI=1S/C5H12N2O3.C2H3O/c6-3-1-2-4(7-10)5(8)9;1-2-3/h4,7,10H,1-3,6H2,(H,8,9);1H3. The summed E-state index contributed by atoms with van der Waals surface area (Å²) in [6.45, 7) is 1.76. The third kappa shape index (κ3) is 11.0. The fourth-order valence-corrected chi connectivity index (χ4v) is 0.565. The molecule has 0 bridgehead atoms. The highest BCUT2D eigenvalue weighted by Gasteiger charge is 2.13. The summed E-state index contributed by atoms with van der Waals surface area (Å²) in [5.41, 5.74) is 6.81. The van der Waals surface area contributed by atoms with Crippen LogP contribution in [0.5, 0.6) is 0 Å². The van der Waals surface area contributed by atoms with Crippen LogP contribution in [0.4, 0.5) is 0 Å². The van der Waals surface area contributed by atoms with E-state index in [1.54, 1.807) is 5.48 Å². The predicted molar refractivity (Wildman–Crippen MR) is 46.0 cm³/mol. The number of hydrogen-bond acceptors (Lipinski definition) is 5. The summed E-state index contributed by atoms with van der Waals surface area (Å²) < 4.78 is 0. The summed E-state index contributed by atoms with van der Waals surface area (Å²) in [5.74, 6) is -1.06. The average Bonchev–Trinajstić information content (AvgIpc) is 2.06. The van der Waals surface area contributed by atoms with E-state index < -0.39 is 12.0 Å². The van der Waals surface area contributed by atoms with Gasteiger partial charge < -0.3 is 16.0 Å². The van der Waals surface area contributed by atoms with Crippen LogP contribution in [-0.2, 0) is 9.59 Å². The molecule has 0 aliphatic carbocycles. The molecule has 1 atom stereocenters. The van der Waals surface area contributed by atoms with Gasteiger partial charge in [0.15, 0.2) is 6.29 Å². The van der Waals surface area contributed by atoms with Crippen molar-refractivity contribution in [2.75, 3.05) is 6.54 Å². The summed E-state index contributed by atoms with van der Waals surface area (Å²) in [4.78, 5) is 18.9. The Labute approximate surface area is 76.7 Å². The molecule has 6 heteroatoms. The molecule has 77 valence electrons. The largest absolute Gasteiger partial charge is 0.480 e. The smallest absolute Gasteiger partial charge is 0.323 e. The number of carbonyl (C=O) groups is 1. The summed E-state index contributed by atoms with van der Waals surface area (Å²) in [7, 11) is 0. The van der Waals surface area contributed by atoms with Crippen molar-refractivity contribution in [1.29, 1.82) is 0 Å². The van der Waals surface area contributed by atoms with Crippen LogP contribution in [0.1, 0.15) is 19.8 Å². The molecule has 0 heterocycles. The van der Waals surface area contributed by atoms with Gasteiger partial charge in [-0.25, -0.2) is 0 Å². The lowest BCUT2D eigenvalue weighted by Gasteiger charge is -2.07. The zero-order valence-corrected chi connectivity index (χ0v) is 7.49. The van der Waals surface area contributed by atoms with Crippen molar-refractivity contribution in [2.45, 2.75) is 25.8 Å². The normalized spacial score (nSPS) is 11.0. The van der Waals surface area contributed by atoms with E-state index in [0.717, 1.165) is 0 Å². The first-order chi connectivity index (χ1) is 6.13. The van der Waals surface area contributed by atoms with Crippen molar-refractivity contribution in [2.24, 2.45) is 5.73 Å². The van der Waals surface area contributed by atoms with Crippen molar-refractivity contribution in [3.8, 4) is 0 Å². The van der Waals surface area contributed by atoms with Crippen molar-refractivity contribution < 1.29 is 19.9 Å². The van der Waals surface area contributed by atoms with Gasteiger partial charge in [-0.15, -0.1) is 0 Å². The maximum Gasteiger partial charge on any atom is 0.323 e. The van der Waals surface area contributed by atoms with E-state index in [2.05, 4.69) is 0 Å². The molecule has 1 unspecified atom stereocenters. The number of nitrogens with two attached hydrogens (primary N) is 1. The van der Waals surface area contributed by atoms with Gasteiger partial charge in [-0.05, 0) is 19.4 Å². The van der Waals surface area contributed by atoms with E-state index in [1.165, 1.54) is 13.2 Å². The van der Waals surface area contributed by atoms with Gasteiger partial charge in [-0.1, -0.05) is 0 Å². The van der Waals surface area contributed by atoms with E-state index in [-0.39, 0.29) is 0 Å². The van der Waals surface area contributed by atoms with Crippen LogP contribution >= 0.6 is 0 Å². The molecule has 0 aromatic heterocycles. The Balaban J connectivity index is 0. The van der Waals surface area contributed by atoms with Crippen LogP contribution in [0.2, 0.25) is 0 Å². The fourth-order valence-electron chi connectivity index (χ4n) is 0.565. The Morgan fingerprint density at radius 3 is 2.38 bits per heavy atom. The van der Waals surface area contributed by atoms with Gasteiger partial charge >= 0.3 is 5.97 Å². The minimum atomic E-state index is -1.06. The highest BCUT2D eigenvalue weighted by molar-refractivity contribution is 5.73. The summed E-state index contributed by atoms with van der Waals surface area (Å²) in [6.07, 6.45) is 2.44. The summed E-state index contributed by atoms with van der Waals surface area (Å²) >= 11 is 0. The first-order valence-electron chi connectivity index (χ1n) is 3.75. The van der Waals surface area contributed by atoms with E-state index in [0.29, 0.717) is 19.4 Å². The van der Waals surface area contributed by atoms with Gasteiger partial charge in [0.05, 0.1) is 0 Å². The van der Waals surface area contributed by atoms with E-state index in [9.17, 15) is 4.79 Å². The number of nitrogens with one attached hydrogen (secondary N) is 1. The van der Waals surface area contributed by atoms with Crippen molar-refractivity contribution in [3.05, 3.63) is 0 Å². The molecule has 0 spiro atoms. The molecular formula is C7H15N2O4. The molecule has 6 nitrogen and oxygen atoms in total. The molecular weight excluding hydrogens is 176 g/mol. The van der Waals surface area contributed by atoms with E-state index in [1.807, 2.05) is 0 Å². The number of carbonyl (C=O) groups excluding carboxylic acids is 1. The zero-order valence-electron chi connectivity index (χ0n) is 7.49. The Hall–Kier alpha value is -0.980. The lowest BCUT2D eigenvalue weighted by molar-refractivity contribution is -0.142. The lowest BCUT2D eigenvalue weighted by Crippen LogP contribution is -2.34. The van der Waals surface area contributed by atoms with Crippen LogP contribution in [0, 0.1) is 0 Å². The van der Waals surface area contributed by atoms with Gasteiger partial charge in [0, 0.05) is 6.92 Å². The number of carboxylic acid groups (broad SMARTS) is 1. The Morgan fingerprint density at radius 2 is 2.15 bits per heavy atom. The second-order valence-electron chi connectivity index (χ2n) is 2.15. The molecule has 0 saturated heterocycles. The van der Waals surface area contributed by atoms with E-state index >= 15 is 0 Å². The Kier molecular flexibility index (Phi) is 12.3. The SMILES string of the molecule is C[C]=O.NCCCC(NO)C(=O)O. The Morgan fingerprint density at radius 1 is 1.69 bits per heavy atom. The van der Waals surface area contributed by atoms with Gasteiger partial charge in [-0.3, -0.25) is 9.59 Å². The minimum Gasteiger partial charge on any atom is -0.480 e. The number of aliphatic carboxylic acids is 1. The Bertz CT molecular complexity index is 140. The lowest BCUT2D eigenvalue weighted by atomic mass is 10.2. The minimum absolute atomic E-state index is 0.350. The molecule has 0 amide bonds. The topological polar surface area (TPSA) is 113 Å². The molecule has 5 N–H and O–H groups in total. The quantitative estimate of drug-likeness (QED) is 0.426. The summed E-state index contributed by atoms with van der Waals surface area (Å²) in [5, 5.41) is 16.6. The first-order valence-corrected chi connectivity index (χ1v) is 3.75. The van der Waals surface area contributed by atoms with Gasteiger partial charge in [0.1, 0.15) is 6.04 Å². The van der Waals surface area contributed by atoms with Gasteiger partial charge in [-0.2, -0.15) is 5.48 Å². The number of carboxylic acids is 1. The summed E-state index contributed by atoms with van der Waals surface area (Å²) in [6, 6.07) is -0.886. The van der Waals surface area contributed by atoms with Gasteiger partial charge in [0.2, 0.25) is 0 Å². The van der Waals surface area contributed by atoms with Crippen LogP contribution in [0.3, 0.4) is 0 Å². The highest BCUT2D eigenvalue weighted by Crippen LogP contribution is 1.94. The maximum absolute atomic E-state index is 10.2. The molecule has 0 aromatic rings. The predicted octanol–water partition coefficient (Wildman–Crippen LogP) is -0.727. The third-order valence-electron chi connectivity index (χ3n) is 1.15. The maximum atomic E-state index is 10.2. The second kappa shape index (κ2) is 11.0. The molecule has 0 aromatic carbocycles. The third-order valence-corrected chi connectivity index (χ3v) is 1.15. The highest BCUT2D eigenvalue weighted by atomic mass is 16.5. The number of hydroxylamine groups is 1. The van der Waals surface area contributed by atoms with Crippen LogP contribution in [-0.4, -0.2) is 35.2 Å². The number of hydrogen-bond donors (Lipinski definition) is 4. The average molecular weight is 191 g/mol. The molecule has 0 fully saturated rings. The molecule has 0 aliphatic rings. The van der Waals surface area contributed by atoms with Crippen LogP contribution < -0.4 is 11.2 Å². The number of rotatable bonds is 5. The molecule has 13 heavy (non-hydrogen) atoms. The van der Waals surface area contributed by atoms with Crippen molar-refractivity contribution in [3.63, 3.8) is 0 Å². The zero-order chi connectivity index (χ0) is 10.7. The molecule has 0 rings (SSSR count). The molecule has 1 radical (unpaired) electrons. The van der Waals surface area contributed by atoms with Crippen LogP contribution in [0.15, 0.2) is 0 Å². The molecule has 0 saturated carbocycles. The first kappa shape index (κ1) is 14.5. The van der Waals surface area contributed by atoms with E-state index in [4.69, 9.17) is 20.8 Å².